The van der Waals surface area contributed by atoms with Crippen molar-refractivity contribution in [2.45, 2.75) is 52.0 Å². The minimum Gasteiger partial charge on any atom is -0.467 e. The van der Waals surface area contributed by atoms with Gasteiger partial charge in [-0.15, -0.1) is 0 Å². The molecule has 2 saturated carbocycles. The van der Waals surface area contributed by atoms with E-state index in [-0.39, 0.29) is 17.8 Å². The molecule has 0 radical (unpaired) electrons. The zero-order valence-electron chi connectivity index (χ0n) is 12.1. The van der Waals surface area contributed by atoms with Crippen molar-refractivity contribution in [1.82, 2.24) is 5.32 Å². The number of hydrogen-bond donors (Lipinski definition) is 1. The van der Waals surface area contributed by atoms with Crippen LogP contribution in [0.2, 0.25) is 0 Å². The Balaban J connectivity index is 1.93. The van der Waals surface area contributed by atoms with Gasteiger partial charge in [-0.05, 0) is 43.4 Å². The first kappa shape index (κ1) is 14.4. The maximum Gasteiger partial charge on any atom is 0.328 e. The maximum atomic E-state index is 12.3. The number of ether oxygens (including phenoxy) is 1. The van der Waals surface area contributed by atoms with Crippen LogP contribution in [0.15, 0.2) is 0 Å². The molecule has 1 amide bonds. The average Bonchev–Trinajstić information content (AvgIpc) is 2.98. The lowest BCUT2D eigenvalue weighted by molar-refractivity contribution is -0.146. The van der Waals surface area contributed by atoms with Crippen LogP contribution in [0.1, 0.15) is 46.0 Å². The Hall–Kier alpha value is -1.06. The highest BCUT2D eigenvalue weighted by atomic mass is 16.5. The van der Waals surface area contributed by atoms with Gasteiger partial charge in [0, 0.05) is 5.92 Å². The molecule has 0 heterocycles. The van der Waals surface area contributed by atoms with Gasteiger partial charge in [-0.2, -0.15) is 0 Å². The van der Waals surface area contributed by atoms with Crippen molar-refractivity contribution in [3.8, 4) is 0 Å². The summed E-state index contributed by atoms with van der Waals surface area (Å²) in [6, 6.07) is -0.489. The molecule has 0 aromatic rings. The van der Waals surface area contributed by atoms with Gasteiger partial charge in [-0.1, -0.05) is 20.3 Å². The van der Waals surface area contributed by atoms with E-state index in [0.29, 0.717) is 18.3 Å². The van der Waals surface area contributed by atoms with Crippen molar-refractivity contribution in [2.75, 3.05) is 7.11 Å². The number of nitrogens with one attached hydrogen (secondary N) is 1. The number of carbonyl (C=O) groups is 2. The van der Waals surface area contributed by atoms with E-state index in [1.807, 2.05) is 13.8 Å². The third-order valence-corrected chi connectivity index (χ3v) is 4.58. The molecule has 4 heteroatoms. The maximum absolute atomic E-state index is 12.3. The molecule has 2 aliphatic carbocycles. The first-order valence-electron chi connectivity index (χ1n) is 7.39. The molecule has 19 heavy (non-hydrogen) atoms. The summed E-state index contributed by atoms with van der Waals surface area (Å²) in [6.45, 7) is 4.08. The SMILES string of the molecule is COC(=O)C(CC(C)C)NC(=O)C1CC2CCC1C2. The van der Waals surface area contributed by atoms with Crippen LogP contribution in [0.3, 0.4) is 0 Å². The van der Waals surface area contributed by atoms with E-state index in [4.69, 9.17) is 4.74 Å². The van der Waals surface area contributed by atoms with Gasteiger partial charge >= 0.3 is 5.97 Å². The minimum atomic E-state index is -0.489. The number of fused-ring (bicyclic) bond motifs is 2. The molecular formula is C15H25NO3. The molecule has 2 rings (SSSR count). The van der Waals surface area contributed by atoms with E-state index >= 15 is 0 Å². The molecule has 2 fully saturated rings. The Kier molecular flexibility index (Phi) is 4.48. The third kappa shape index (κ3) is 3.28. The molecule has 2 bridgehead atoms. The fourth-order valence-corrected chi connectivity index (χ4v) is 3.67. The second-order valence-electron chi connectivity index (χ2n) is 6.50. The highest BCUT2D eigenvalue weighted by molar-refractivity contribution is 5.86. The van der Waals surface area contributed by atoms with Crippen molar-refractivity contribution < 1.29 is 14.3 Å². The lowest BCUT2D eigenvalue weighted by Crippen LogP contribution is -2.45. The lowest BCUT2D eigenvalue weighted by Gasteiger charge is -2.24. The summed E-state index contributed by atoms with van der Waals surface area (Å²) in [6.07, 6.45) is 5.30. The van der Waals surface area contributed by atoms with E-state index in [1.165, 1.54) is 26.4 Å². The van der Waals surface area contributed by atoms with Gasteiger partial charge in [0.1, 0.15) is 6.04 Å². The number of rotatable bonds is 5. The second kappa shape index (κ2) is 5.93. The summed E-state index contributed by atoms with van der Waals surface area (Å²) in [5, 5.41) is 2.91. The molecule has 0 aromatic carbocycles. The standard InChI is InChI=1S/C15H25NO3/c1-9(2)6-13(15(18)19-3)16-14(17)12-8-10-4-5-11(12)7-10/h9-13H,4-8H2,1-3H3,(H,16,17). The number of amides is 1. The van der Waals surface area contributed by atoms with Gasteiger partial charge in [-0.3, -0.25) is 4.79 Å². The van der Waals surface area contributed by atoms with Crippen molar-refractivity contribution in [2.24, 2.45) is 23.7 Å². The molecule has 1 N–H and O–H groups in total. The normalized spacial score (nSPS) is 30.4. The first-order valence-corrected chi connectivity index (χ1v) is 7.39. The molecule has 2 aliphatic rings. The number of hydrogen-bond acceptors (Lipinski definition) is 3. The summed E-state index contributed by atoms with van der Waals surface area (Å²) < 4.78 is 4.79. The summed E-state index contributed by atoms with van der Waals surface area (Å²) >= 11 is 0. The van der Waals surface area contributed by atoms with Crippen molar-refractivity contribution in [3.63, 3.8) is 0 Å². The van der Waals surface area contributed by atoms with Gasteiger partial charge in [0.2, 0.25) is 5.91 Å². The molecule has 108 valence electrons. The molecule has 0 saturated heterocycles. The number of esters is 1. The van der Waals surface area contributed by atoms with E-state index in [9.17, 15) is 9.59 Å². The zero-order chi connectivity index (χ0) is 14.0. The van der Waals surface area contributed by atoms with E-state index < -0.39 is 6.04 Å². The van der Waals surface area contributed by atoms with Crippen LogP contribution in [-0.4, -0.2) is 25.0 Å². The summed E-state index contributed by atoms with van der Waals surface area (Å²) in [7, 11) is 1.37. The van der Waals surface area contributed by atoms with E-state index in [1.54, 1.807) is 0 Å². The Morgan fingerprint density at radius 3 is 2.47 bits per heavy atom. The van der Waals surface area contributed by atoms with Gasteiger partial charge in [0.25, 0.3) is 0 Å². The van der Waals surface area contributed by atoms with Crippen molar-refractivity contribution >= 4 is 11.9 Å². The quantitative estimate of drug-likeness (QED) is 0.776. The molecule has 4 unspecified atom stereocenters. The van der Waals surface area contributed by atoms with Gasteiger partial charge < -0.3 is 10.1 Å². The van der Waals surface area contributed by atoms with Crippen LogP contribution < -0.4 is 5.32 Å². The third-order valence-electron chi connectivity index (χ3n) is 4.58. The smallest absolute Gasteiger partial charge is 0.328 e. The van der Waals surface area contributed by atoms with E-state index in [2.05, 4.69) is 5.32 Å². The van der Waals surface area contributed by atoms with Crippen LogP contribution in [0.25, 0.3) is 0 Å². The Morgan fingerprint density at radius 2 is 2.00 bits per heavy atom. The molecule has 0 aliphatic heterocycles. The largest absolute Gasteiger partial charge is 0.467 e. The highest BCUT2D eigenvalue weighted by Gasteiger charge is 2.43. The fourth-order valence-electron chi connectivity index (χ4n) is 3.67. The van der Waals surface area contributed by atoms with Gasteiger partial charge in [-0.25, -0.2) is 4.79 Å². The molecule has 4 nitrogen and oxygen atoms in total. The van der Waals surface area contributed by atoms with Gasteiger partial charge in [0.15, 0.2) is 0 Å². The topological polar surface area (TPSA) is 55.4 Å². The monoisotopic (exact) mass is 267 g/mol. The van der Waals surface area contributed by atoms with Gasteiger partial charge in [0.05, 0.1) is 7.11 Å². The zero-order valence-corrected chi connectivity index (χ0v) is 12.1. The van der Waals surface area contributed by atoms with Crippen LogP contribution in [0.5, 0.6) is 0 Å². The molecular weight excluding hydrogens is 242 g/mol. The summed E-state index contributed by atoms with van der Waals surface area (Å²) in [4.78, 5) is 24.0. The Morgan fingerprint density at radius 1 is 1.26 bits per heavy atom. The Labute approximate surface area is 115 Å². The molecule has 0 spiro atoms. The molecule has 4 atom stereocenters. The van der Waals surface area contributed by atoms with E-state index in [0.717, 1.165) is 12.3 Å². The molecule has 0 aromatic heterocycles. The van der Waals surface area contributed by atoms with Crippen LogP contribution in [-0.2, 0) is 14.3 Å². The van der Waals surface area contributed by atoms with Crippen molar-refractivity contribution in [1.29, 1.82) is 0 Å². The predicted molar refractivity (Wildman–Crippen MR) is 72.3 cm³/mol. The first-order chi connectivity index (χ1) is 9.01. The second-order valence-corrected chi connectivity index (χ2v) is 6.50. The van der Waals surface area contributed by atoms with Crippen LogP contribution in [0, 0.1) is 23.7 Å². The predicted octanol–water partition coefficient (Wildman–Crippen LogP) is 2.13. The number of methoxy groups -OCH3 is 1. The summed E-state index contributed by atoms with van der Waals surface area (Å²) in [5.41, 5.74) is 0. The average molecular weight is 267 g/mol. The van der Waals surface area contributed by atoms with Crippen LogP contribution >= 0.6 is 0 Å². The fraction of sp³-hybridized carbons (Fsp3) is 0.867. The lowest BCUT2D eigenvalue weighted by atomic mass is 9.88. The highest BCUT2D eigenvalue weighted by Crippen LogP contribution is 2.48. The number of carbonyl (C=O) groups excluding carboxylic acids is 2. The summed E-state index contributed by atoms with van der Waals surface area (Å²) in [5.74, 6) is 1.49. The van der Waals surface area contributed by atoms with Crippen LogP contribution in [0.4, 0.5) is 0 Å². The minimum absolute atomic E-state index is 0.0586. The Bertz CT molecular complexity index is 353. The van der Waals surface area contributed by atoms with Crippen molar-refractivity contribution in [3.05, 3.63) is 0 Å².